The van der Waals surface area contributed by atoms with Crippen LogP contribution in [0.2, 0.25) is 0 Å². The van der Waals surface area contributed by atoms with Crippen molar-refractivity contribution >= 4 is 17.6 Å². The lowest BCUT2D eigenvalue weighted by molar-refractivity contribution is -0.754. The van der Waals surface area contributed by atoms with Gasteiger partial charge >= 0.3 is 0 Å². The Morgan fingerprint density at radius 1 is 0.800 bits per heavy atom. The lowest BCUT2D eigenvalue weighted by atomic mass is 9.96. The molecule has 1 fully saturated rings. The van der Waals surface area contributed by atoms with E-state index in [0.29, 0.717) is 16.9 Å². The summed E-state index contributed by atoms with van der Waals surface area (Å²) in [6.45, 7) is -0.0164. The summed E-state index contributed by atoms with van der Waals surface area (Å²) in [5.74, 6) is -1.32. The molecule has 0 unspecified atom stereocenters. The van der Waals surface area contributed by atoms with Crippen LogP contribution in [-0.4, -0.2) is 75.1 Å². The van der Waals surface area contributed by atoms with Gasteiger partial charge in [0.05, 0.1) is 16.9 Å². The average molecular weight is 540 g/mol. The largest absolute Gasteiger partial charge is 0.337 e. The van der Waals surface area contributed by atoms with Gasteiger partial charge in [0.15, 0.2) is 18.1 Å². The van der Waals surface area contributed by atoms with Crippen LogP contribution in [-0.2, 0) is 9.63 Å². The zero-order chi connectivity index (χ0) is 28.1. The van der Waals surface area contributed by atoms with Crippen molar-refractivity contribution < 1.29 is 24.3 Å². The SMILES string of the molecule is O=C(c1ccccc1)c1c(C(=O)N2CCN(C(=O)CO[N+](=O)[O-])CC2)nn(-c2ccccc2)c1-c1ccccc1. The molecule has 1 aromatic heterocycles. The van der Waals surface area contributed by atoms with Crippen molar-refractivity contribution in [2.45, 2.75) is 0 Å². The standard InChI is InChI=1S/C29H25N5O6/c35-24(20-40-34(38)39)31-16-18-32(19-17-31)29(37)26-25(28(36)22-12-6-2-7-13-22)27(21-10-4-1-5-11-21)33(30-26)23-14-8-3-9-15-23/h1-15H,16-20H2. The number of hydrogen-bond acceptors (Lipinski definition) is 7. The topological polar surface area (TPSA) is 128 Å². The monoisotopic (exact) mass is 539 g/mol. The smallest absolute Gasteiger partial charge is 0.295 e. The molecule has 202 valence electrons. The van der Waals surface area contributed by atoms with Gasteiger partial charge in [0, 0.05) is 37.3 Å². The van der Waals surface area contributed by atoms with E-state index in [-0.39, 0.29) is 43.2 Å². The summed E-state index contributed by atoms with van der Waals surface area (Å²) in [5.41, 5.74) is 2.51. The quantitative estimate of drug-likeness (QED) is 0.191. The molecule has 0 N–H and O–H groups in total. The summed E-state index contributed by atoms with van der Waals surface area (Å²) < 4.78 is 1.62. The fourth-order valence-electron chi connectivity index (χ4n) is 4.64. The van der Waals surface area contributed by atoms with Gasteiger partial charge in [0.2, 0.25) is 5.91 Å². The number of hydrogen-bond donors (Lipinski definition) is 0. The van der Waals surface area contributed by atoms with Crippen molar-refractivity contribution in [3.8, 4) is 16.9 Å². The highest BCUT2D eigenvalue weighted by Gasteiger charge is 2.34. The second kappa shape index (κ2) is 11.6. The number of rotatable bonds is 8. The molecule has 0 atom stereocenters. The second-order valence-electron chi connectivity index (χ2n) is 9.05. The highest BCUT2D eigenvalue weighted by Crippen LogP contribution is 2.32. The van der Waals surface area contributed by atoms with Gasteiger partial charge in [-0.05, 0) is 12.1 Å². The lowest BCUT2D eigenvalue weighted by Crippen LogP contribution is -2.51. The fourth-order valence-corrected chi connectivity index (χ4v) is 4.64. The molecule has 5 rings (SSSR count). The van der Waals surface area contributed by atoms with Crippen LogP contribution >= 0.6 is 0 Å². The van der Waals surface area contributed by atoms with E-state index in [2.05, 4.69) is 4.84 Å². The molecule has 0 bridgehead atoms. The molecule has 1 aliphatic rings. The fraction of sp³-hybridized carbons (Fsp3) is 0.172. The number of amides is 2. The van der Waals surface area contributed by atoms with Crippen LogP contribution in [0.3, 0.4) is 0 Å². The van der Waals surface area contributed by atoms with Gasteiger partial charge in [-0.3, -0.25) is 14.4 Å². The van der Waals surface area contributed by atoms with E-state index >= 15 is 0 Å². The molecule has 11 nitrogen and oxygen atoms in total. The highest BCUT2D eigenvalue weighted by molar-refractivity contribution is 6.18. The van der Waals surface area contributed by atoms with E-state index in [0.717, 1.165) is 5.56 Å². The summed E-state index contributed by atoms with van der Waals surface area (Å²) in [5, 5.41) is 14.1. The molecule has 0 saturated carbocycles. The Bertz CT molecular complexity index is 1530. The number of piperazine rings is 1. The Balaban J connectivity index is 1.55. The van der Waals surface area contributed by atoms with Crippen molar-refractivity contribution in [3.63, 3.8) is 0 Å². The van der Waals surface area contributed by atoms with Crippen LogP contribution in [0.25, 0.3) is 16.9 Å². The Labute approximate surface area is 229 Å². The van der Waals surface area contributed by atoms with Crippen molar-refractivity contribution in [3.05, 3.63) is 118 Å². The van der Waals surface area contributed by atoms with Crippen LogP contribution < -0.4 is 0 Å². The second-order valence-corrected chi connectivity index (χ2v) is 9.05. The lowest BCUT2D eigenvalue weighted by Gasteiger charge is -2.34. The maximum atomic E-state index is 14.0. The van der Waals surface area contributed by atoms with E-state index < -0.39 is 23.5 Å². The zero-order valence-corrected chi connectivity index (χ0v) is 21.4. The zero-order valence-electron chi connectivity index (χ0n) is 21.4. The first kappa shape index (κ1) is 26.3. The molecule has 11 heteroatoms. The van der Waals surface area contributed by atoms with Crippen LogP contribution in [0, 0.1) is 10.1 Å². The van der Waals surface area contributed by atoms with E-state index in [9.17, 15) is 24.5 Å². The molecule has 2 heterocycles. The predicted molar refractivity (Wildman–Crippen MR) is 144 cm³/mol. The number of aromatic nitrogens is 2. The maximum absolute atomic E-state index is 14.0. The molecule has 0 radical (unpaired) electrons. The molecule has 1 aliphatic heterocycles. The van der Waals surface area contributed by atoms with Gasteiger partial charge in [-0.2, -0.15) is 5.10 Å². The number of para-hydroxylation sites is 1. The Morgan fingerprint density at radius 2 is 1.35 bits per heavy atom. The van der Waals surface area contributed by atoms with Gasteiger partial charge in [0.25, 0.3) is 11.0 Å². The summed E-state index contributed by atoms with van der Waals surface area (Å²) >= 11 is 0. The third-order valence-corrected chi connectivity index (χ3v) is 6.61. The van der Waals surface area contributed by atoms with Crippen molar-refractivity contribution in [2.75, 3.05) is 32.8 Å². The first-order chi connectivity index (χ1) is 19.4. The number of carbonyl (C=O) groups is 3. The van der Waals surface area contributed by atoms with Crippen LogP contribution in [0.5, 0.6) is 0 Å². The summed E-state index contributed by atoms with van der Waals surface area (Å²) in [7, 11) is 0. The molecule has 4 aromatic rings. The molecule has 3 aromatic carbocycles. The predicted octanol–water partition coefficient (Wildman–Crippen LogP) is 3.26. The normalized spacial score (nSPS) is 13.1. The number of ketones is 1. The third kappa shape index (κ3) is 5.44. The van der Waals surface area contributed by atoms with Crippen LogP contribution in [0.15, 0.2) is 91.0 Å². The van der Waals surface area contributed by atoms with E-state index in [1.807, 2.05) is 66.7 Å². The van der Waals surface area contributed by atoms with Gasteiger partial charge in [-0.25, -0.2) is 4.68 Å². The molecule has 0 spiro atoms. The molecular formula is C29H25N5O6. The summed E-state index contributed by atoms with van der Waals surface area (Å²) in [6, 6.07) is 27.3. The minimum Gasteiger partial charge on any atom is -0.337 e. The van der Waals surface area contributed by atoms with E-state index in [4.69, 9.17) is 5.10 Å². The first-order valence-corrected chi connectivity index (χ1v) is 12.6. The van der Waals surface area contributed by atoms with Crippen molar-refractivity contribution in [1.29, 1.82) is 0 Å². The minimum absolute atomic E-state index is 0.00743. The number of benzene rings is 3. The van der Waals surface area contributed by atoms with Crippen LogP contribution in [0.4, 0.5) is 0 Å². The minimum atomic E-state index is -1.02. The highest BCUT2D eigenvalue weighted by atomic mass is 16.9. The van der Waals surface area contributed by atoms with Crippen molar-refractivity contribution in [1.82, 2.24) is 19.6 Å². The summed E-state index contributed by atoms with van der Waals surface area (Å²) in [6.07, 6.45) is 0. The van der Waals surface area contributed by atoms with E-state index in [1.54, 1.807) is 28.9 Å². The van der Waals surface area contributed by atoms with Crippen LogP contribution in [0.1, 0.15) is 26.4 Å². The average Bonchev–Trinajstić information content (AvgIpc) is 3.41. The van der Waals surface area contributed by atoms with E-state index in [1.165, 1.54) is 9.80 Å². The number of carbonyl (C=O) groups excluding carboxylic acids is 3. The Morgan fingerprint density at radius 3 is 1.95 bits per heavy atom. The molecule has 2 amide bonds. The number of nitrogens with zero attached hydrogens (tertiary/aromatic N) is 5. The molecule has 0 aliphatic carbocycles. The molecule has 1 saturated heterocycles. The first-order valence-electron chi connectivity index (χ1n) is 12.6. The molecular weight excluding hydrogens is 514 g/mol. The summed E-state index contributed by atoms with van der Waals surface area (Å²) in [4.78, 5) is 57.8. The van der Waals surface area contributed by atoms with Gasteiger partial charge in [0.1, 0.15) is 0 Å². The van der Waals surface area contributed by atoms with Gasteiger partial charge in [-0.1, -0.05) is 78.9 Å². The van der Waals surface area contributed by atoms with Crippen molar-refractivity contribution in [2.24, 2.45) is 0 Å². The van der Waals surface area contributed by atoms with Gasteiger partial charge < -0.3 is 14.6 Å². The maximum Gasteiger partial charge on any atom is 0.295 e. The Hall–Kier alpha value is -5.32. The Kier molecular flexibility index (Phi) is 7.63. The van der Waals surface area contributed by atoms with Gasteiger partial charge in [-0.15, -0.1) is 10.1 Å². The third-order valence-electron chi connectivity index (χ3n) is 6.61. The molecule has 40 heavy (non-hydrogen) atoms.